The topological polar surface area (TPSA) is 51.0 Å². The van der Waals surface area contributed by atoms with Crippen molar-refractivity contribution in [3.05, 3.63) is 76.6 Å². The van der Waals surface area contributed by atoms with E-state index in [1.807, 2.05) is 50.2 Å². The molecule has 0 bridgehead atoms. The largest absolute Gasteiger partial charge is 0.278 e. The second kappa shape index (κ2) is 7.79. The summed E-state index contributed by atoms with van der Waals surface area (Å²) in [5.41, 5.74) is 5.85. The van der Waals surface area contributed by atoms with E-state index in [2.05, 4.69) is 31.1 Å². The summed E-state index contributed by atoms with van der Waals surface area (Å²) in [6.07, 6.45) is 0. The quantitative estimate of drug-likeness (QED) is 0.454. The molecule has 5 nitrogen and oxygen atoms in total. The zero-order valence-electron chi connectivity index (χ0n) is 17.1. The molecule has 0 fully saturated rings. The molecule has 0 saturated carbocycles. The van der Waals surface area contributed by atoms with Crippen molar-refractivity contribution in [1.82, 2.24) is 14.8 Å². The van der Waals surface area contributed by atoms with Gasteiger partial charge >= 0.3 is 0 Å². The first-order valence-electron chi connectivity index (χ1n) is 9.74. The van der Waals surface area contributed by atoms with Gasteiger partial charge in [-0.2, -0.15) is 5.10 Å². The molecule has 0 radical (unpaired) electrons. The Labute approximate surface area is 174 Å². The van der Waals surface area contributed by atoms with Crippen molar-refractivity contribution >= 4 is 32.6 Å². The van der Waals surface area contributed by atoms with Gasteiger partial charge in [0.15, 0.2) is 5.13 Å². The van der Waals surface area contributed by atoms with Crippen LogP contribution < -0.4 is 4.90 Å². The summed E-state index contributed by atoms with van der Waals surface area (Å²) in [5.74, 6) is -0.0798. The highest BCUT2D eigenvalue weighted by molar-refractivity contribution is 7.22. The fraction of sp³-hybridized carbons (Fsp3) is 0.261. The Morgan fingerprint density at radius 1 is 1.07 bits per heavy atom. The molecule has 0 saturated heterocycles. The van der Waals surface area contributed by atoms with E-state index in [0.717, 1.165) is 21.5 Å². The van der Waals surface area contributed by atoms with E-state index in [9.17, 15) is 4.79 Å². The SMILES string of the molecule is CCn1nc(C)cc1C(=O)N(Cc1ccccc1)c1nc2cc(C)c(C)cc2s1. The molecular weight excluding hydrogens is 380 g/mol. The summed E-state index contributed by atoms with van der Waals surface area (Å²) in [5, 5.41) is 5.16. The van der Waals surface area contributed by atoms with Crippen molar-refractivity contribution in [3.8, 4) is 0 Å². The van der Waals surface area contributed by atoms with Gasteiger partial charge in [-0.25, -0.2) is 4.98 Å². The number of fused-ring (bicyclic) bond motifs is 1. The maximum absolute atomic E-state index is 13.6. The summed E-state index contributed by atoms with van der Waals surface area (Å²) in [6, 6.07) is 16.1. The van der Waals surface area contributed by atoms with E-state index < -0.39 is 0 Å². The van der Waals surface area contributed by atoms with Gasteiger partial charge in [-0.15, -0.1) is 0 Å². The van der Waals surface area contributed by atoms with Crippen LogP contribution in [0.1, 0.15) is 39.8 Å². The van der Waals surface area contributed by atoms with Crippen molar-refractivity contribution in [1.29, 1.82) is 0 Å². The van der Waals surface area contributed by atoms with E-state index in [0.29, 0.717) is 23.9 Å². The molecule has 2 aromatic carbocycles. The number of carbonyl (C=O) groups is 1. The average Bonchev–Trinajstić information content (AvgIpc) is 3.29. The third-order valence-corrected chi connectivity index (χ3v) is 6.11. The average molecular weight is 405 g/mol. The predicted octanol–water partition coefficient (Wildman–Crippen LogP) is 5.28. The molecule has 0 spiro atoms. The van der Waals surface area contributed by atoms with Gasteiger partial charge < -0.3 is 0 Å². The highest BCUT2D eigenvalue weighted by atomic mass is 32.1. The molecule has 0 aliphatic heterocycles. The number of hydrogen-bond donors (Lipinski definition) is 0. The number of amides is 1. The van der Waals surface area contributed by atoms with Crippen LogP contribution in [0.2, 0.25) is 0 Å². The summed E-state index contributed by atoms with van der Waals surface area (Å²) in [7, 11) is 0. The highest BCUT2D eigenvalue weighted by Gasteiger charge is 2.25. The van der Waals surface area contributed by atoms with Gasteiger partial charge in [-0.05, 0) is 62.6 Å². The van der Waals surface area contributed by atoms with Gasteiger partial charge in [0.2, 0.25) is 0 Å². The summed E-state index contributed by atoms with van der Waals surface area (Å²) in [6.45, 7) is 9.20. The Bertz CT molecular complexity index is 1140. The second-order valence-corrected chi connectivity index (χ2v) is 8.27. The predicted molar refractivity (Wildman–Crippen MR) is 119 cm³/mol. The minimum atomic E-state index is -0.0798. The molecule has 2 aromatic heterocycles. The fourth-order valence-corrected chi connectivity index (χ4v) is 4.42. The first-order valence-corrected chi connectivity index (χ1v) is 10.6. The minimum Gasteiger partial charge on any atom is -0.278 e. The molecular formula is C23H24N4OS. The number of carbonyl (C=O) groups excluding carboxylic acids is 1. The van der Waals surface area contributed by atoms with Crippen LogP contribution in [0, 0.1) is 20.8 Å². The van der Waals surface area contributed by atoms with Gasteiger partial charge in [0.1, 0.15) is 5.69 Å². The molecule has 29 heavy (non-hydrogen) atoms. The summed E-state index contributed by atoms with van der Waals surface area (Å²) in [4.78, 5) is 20.2. The van der Waals surface area contributed by atoms with Crippen LogP contribution in [-0.4, -0.2) is 20.7 Å². The third kappa shape index (κ3) is 3.80. The highest BCUT2D eigenvalue weighted by Crippen LogP contribution is 2.32. The third-order valence-electron chi connectivity index (χ3n) is 5.07. The molecule has 0 aliphatic rings. The first kappa shape index (κ1) is 19.3. The summed E-state index contributed by atoms with van der Waals surface area (Å²) >= 11 is 1.56. The van der Waals surface area contributed by atoms with Crippen molar-refractivity contribution in [2.24, 2.45) is 0 Å². The smallest absolute Gasteiger partial charge is 0.278 e. The van der Waals surface area contributed by atoms with Crippen molar-refractivity contribution in [2.45, 2.75) is 40.8 Å². The number of thiazole rings is 1. The fourth-order valence-electron chi connectivity index (χ4n) is 3.37. The molecule has 148 valence electrons. The first-order chi connectivity index (χ1) is 14.0. The number of hydrogen-bond acceptors (Lipinski definition) is 4. The molecule has 0 N–H and O–H groups in total. The zero-order valence-corrected chi connectivity index (χ0v) is 18.0. The maximum atomic E-state index is 13.6. The molecule has 4 aromatic rings. The number of rotatable bonds is 5. The van der Waals surface area contributed by atoms with Crippen LogP contribution in [0.5, 0.6) is 0 Å². The maximum Gasteiger partial charge on any atom is 0.278 e. The molecule has 0 aliphatic carbocycles. The van der Waals surface area contributed by atoms with Crippen molar-refractivity contribution < 1.29 is 4.79 Å². The van der Waals surface area contributed by atoms with E-state index in [4.69, 9.17) is 4.98 Å². The lowest BCUT2D eigenvalue weighted by molar-refractivity contribution is 0.0975. The molecule has 1 amide bonds. The van der Waals surface area contributed by atoms with Crippen LogP contribution >= 0.6 is 11.3 Å². The number of nitrogens with zero attached hydrogens (tertiary/aromatic N) is 4. The lowest BCUT2D eigenvalue weighted by atomic mass is 10.1. The normalized spacial score (nSPS) is 11.2. The number of anilines is 1. The van der Waals surface area contributed by atoms with Crippen LogP contribution in [0.3, 0.4) is 0 Å². The van der Waals surface area contributed by atoms with E-state index in [1.54, 1.807) is 20.9 Å². The van der Waals surface area contributed by atoms with Crippen LogP contribution in [0.4, 0.5) is 5.13 Å². The molecule has 2 heterocycles. The van der Waals surface area contributed by atoms with Crippen molar-refractivity contribution in [2.75, 3.05) is 4.90 Å². The van der Waals surface area contributed by atoms with Gasteiger partial charge in [-0.1, -0.05) is 41.7 Å². The van der Waals surface area contributed by atoms with Gasteiger partial charge in [-0.3, -0.25) is 14.4 Å². The van der Waals surface area contributed by atoms with Gasteiger partial charge in [0, 0.05) is 6.54 Å². The van der Waals surface area contributed by atoms with Crippen LogP contribution in [0.25, 0.3) is 10.2 Å². The molecule has 0 unspecified atom stereocenters. The lowest BCUT2D eigenvalue weighted by Crippen LogP contribution is -2.32. The molecule has 0 atom stereocenters. The van der Waals surface area contributed by atoms with Crippen LogP contribution in [0.15, 0.2) is 48.5 Å². The second-order valence-electron chi connectivity index (χ2n) is 7.26. The Balaban J connectivity index is 1.81. The summed E-state index contributed by atoms with van der Waals surface area (Å²) < 4.78 is 2.85. The van der Waals surface area contributed by atoms with Crippen LogP contribution in [-0.2, 0) is 13.1 Å². The number of aromatic nitrogens is 3. The Hall–Kier alpha value is -2.99. The standard InChI is InChI=1S/C23H24N4OS/c1-5-27-20(13-17(4)25-27)22(28)26(14-18-9-7-6-8-10-18)23-24-19-11-15(2)16(3)12-21(19)29-23/h6-13H,5,14H2,1-4H3. The Morgan fingerprint density at radius 3 is 2.52 bits per heavy atom. The minimum absolute atomic E-state index is 0.0798. The Morgan fingerprint density at radius 2 is 1.79 bits per heavy atom. The van der Waals surface area contributed by atoms with E-state index in [1.165, 1.54) is 11.1 Å². The Kier molecular flexibility index (Phi) is 5.20. The van der Waals surface area contributed by atoms with Crippen molar-refractivity contribution in [3.63, 3.8) is 0 Å². The molecule has 6 heteroatoms. The van der Waals surface area contributed by atoms with Gasteiger partial charge in [0.25, 0.3) is 5.91 Å². The molecule has 4 rings (SSSR count). The lowest BCUT2D eigenvalue weighted by Gasteiger charge is -2.20. The monoisotopic (exact) mass is 404 g/mol. The van der Waals surface area contributed by atoms with Gasteiger partial charge in [0.05, 0.1) is 22.5 Å². The number of aryl methyl sites for hydroxylation is 4. The zero-order chi connectivity index (χ0) is 20.5. The van der Waals surface area contributed by atoms with E-state index >= 15 is 0 Å². The number of benzene rings is 2. The van der Waals surface area contributed by atoms with E-state index in [-0.39, 0.29) is 5.91 Å².